The molecule has 0 spiro atoms. The zero-order valence-electron chi connectivity index (χ0n) is 9.82. The van der Waals surface area contributed by atoms with Crippen LogP contribution in [0.4, 0.5) is 0 Å². The van der Waals surface area contributed by atoms with Crippen molar-refractivity contribution in [3.8, 4) is 0 Å². The predicted molar refractivity (Wildman–Crippen MR) is 75.3 cm³/mol. The maximum Gasteiger partial charge on any atom is 0.0491 e. The van der Waals surface area contributed by atoms with Gasteiger partial charge in [-0.05, 0) is 49.4 Å². The highest BCUT2D eigenvalue weighted by Crippen LogP contribution is 2.21. The van der Waals surface area contributed by atoms with Gasteiger partial charge in [0.25, 0.3) is 0 Å². The SMILES string of the molecule is Brc1ccc2ccn(CCCNC3CC3)c2c1. The molecule has 0 amide bonds. The van der Waals surface area contributed by atoms with Crippen LogP contribution in [0.3, 0.4) is 0 Å². The minimum atomic E-state index is 0.825. The Bertz CT molecular complexity index is 514. The molecule has 1 saturated carbocycles. The molecule has 1 N–H and O–H groups in total. The number of hydrogen-bond acceptors (Lipinski definition) is 1. The lowest BCUT2D eigenvalue weighted by molar-refractivity contribution is 0.588. The second-order valence-electron chi connectivity index (χ2n) is 4.79. The van der Waals surface area contributed by atoms with Gasteiger partial charge in [-0.15, -0.1) is 0 Å². The van der Waals surface area contributed by atoms with Crippen molar-refractivity contribution in [2.45, 2.75) is 31.8 Å². The topological polar surface area (TPSA) is 17.0 Å². The monoisotopic (exact) mass is 292 g/mol. The minimum Gasteiger partial charge on any atom is -0.347 e. The van der Waals surface area contributed by atoms with Crippen molar-refractivity contribution in [3.05, 3.63) is 34.9 Å². The van der Waals surface area contributed by atoms with Crippen molar-refractivity contribution in [2.75, 3.05) is 6.54 Å². The van der Waals surface area contributed by atoms with E-state index in [-0.39, 0.29) is 0 Å². The molecule has 0 atom stereocenters. The Kier molecular flexibility index (Phi) is 3.21. The lowest BCUT2D eigenvalue weighted by Crippen LogP contribution is -2.18. The van der Waals surface area contributed by atoms with Gasteiger partial charge in [-0.1, -0.05) is 22.0 Å². The fourth-order valence-electron chi connectivity index (χ4n) is 2.20. The first-order valence-corrected chi connectivity index (χ1v) is 7.10. The Morgan fingerprint density at radius 3 is 3.00 bits per heavy atom. The smallest absolute Gasteiger partial charge is 0.0491 e. The maximum absolute atomic E-state index is 3.56. The number of aryl methyl sites for hydroxylation is 1. The molecule has 0 saturated heterocycles. The fraction of sp³-hybridized carbons (Fsp3) is 0.429. The van der Waals surface area contributed by atoms with Gasteiger partial charge in [-0.3, -0.25) is 0 Å². The van der Waals surface area contributed by atoms with E-state index in [4.69, 9.17) is 0 Å². The highest BCUT2D eigenvalue weighted by molar-refractivity contribution is 9.10. The van der Waals surface area contributed by atoms with E-state index in [0.717, 1.165) is 23.6 Å². The van der Waals surface area contributed by atoms with Crippen LogP contribution in [0.25, 0.3) is 10.9 Å². The Balaban J connectivity index is 1.64. The minimum absolute atomic E-state index is 0.825. The molecule has 0 aliphatic heterocycles. The molecule has 2 nitrogen and oxygen atoms in total. The van der Waals surface area contributed by atoms with Gasteiger partial charge in [0.05, 0.1) is 0 Å². The molecular weight excluding hydrogens is 276 g/mol. The summed E-state index contributed by atoms with van der Waals surface area (Å²) in [6, 6.07) is 9.48. The third-order valence-corrected chi connectivity index (χ3v) is 3.82. The zero-order chi connectivity index (χ0) is 11.7. The van der Waals surface area contributed by atoms with Crippen LogP contribution in [0.2, 0.25) is 0 Å². The molecular formula is C14H17BrN2. The van der Waals surface area contributed by atoms with E-state index < -0.39 is 0 Å². The predicted octanol–water partition coefficient (Wildman–Crippen LogP) is 3.55. The first kappa shape index (κ1) is 11.3. The molecule has 1 aromatic carbocycles. The van der Waals surface area contributed by atoms with E-state index in [1.807, 2.05) is 0 Å². The summed E-state index contributed by atoms with van der Waals surface area (Å²) in [5.74, 6) is 0. The standard InChI is InChI=1S/C14H17BrN2/c15-12-3-2-11-6-9-17(14(11)10-12)8-1-7-16-13-4-5-13/h2-3,6,9-10,13,16H,1,4-5,7-8H2. The molecule has 90 valence electrons. The zero-order valence-corrected chi connectivity index (χ0v) is 11.4. The summed E-state index contributed by atoms with van der Waals surface area (Å²) in [5, 5.41) is 4.88. The average Bonchev–Trinajstić information content (AvgIpc) is 3.07. The van der Waals surface area contributed by atoms with E-state index in [0.29, 0.717) is 0 Å². The van der Waals surface area contributed by atoms with E-state index in [1.165, 1.54) is 30.2 Å². The molecule has 1 aliphatic rings. The number of aromatic nitrogens is 1. The Labute approximate surface area is 110 Å². The van der Waals surface area contributed by atoms with E-state index in [1.54, 1.807) is 0 Å². The molecule has 1 heterocycles. The van der Waals surface area contributed by atoms with Crippen molar-refractivity contribution in [2.24, 2.45) is 0 Å². The lowest BCUT2D eigenvalue weighted by atomic mass is 10.2. The van der Waals surface area contributed by atoms with Crippen molar-refractivity contribution >= 4 is 26.8 Å². The third kappa shape index (κ3) is 2.72. The summed E-state index contributed by atoms with van der Waals surface area (Å²) in [6.07, 6.45) is 6.14. The van der Waals surface area contributed by atoms with Crippen LogP contribution in [-0.4, -0.2) is 17.2 Å². The van der Waals surface area contributed by atoms with Gasteiger partial charge in [0.1, 0.15) is 0 Å². The van der Waals surface area contributed by atoms with Gasteiger partial charge in [0.15, 0.2) is 0 Å². The summed E-state index contributed by atoms with van der Waals surface area (Å²) < 4.78 is 3.50. The molecule has 3 rings (SSSR count). The Morgan fingerprint density at radius 2 is 2.18 bits per heavy atom. The number of fused-ring (bicyclic) bond motifs is 1. The largest absolute Gasteiger partial charge is 0.347 e. The van der Waals surface area contributed by atoms with E-state index >= 15 is 0 Å². The first-order chi connectivity index (χ1) is 8.33. The fourth-order valence-corrected chi connectivity index (χ4v) is 2.54. The molecule has 3 heteroatoms. The highest BCUT2D eigenvalue weighted by Gasteiger charge is 2.19. The number of nitrogens with zero attached hydrogens (tertiary/aromatic N) is 1. The number of nitrogens with one attached hydrogen (secondary N) is 1. The Hall–Kier alpha value is -0.800. The molecule has 1 aliphatic carbocycles. The third-order valence-electron chi connectivity index (χ3n) is 3.32. The van der Waals surface area contributed by atoms with Crippen LogP contribution in [0, 0.1) is 0 Å². The van der Waals surface area contributed by atoms with Crippen LogP contribution in [0.5, 0.6) is 0 Å². The van der Waals surface area contributed by atoms with Crippen LogP contribution in [0.15, 0.2) is 34.9 Å². The van der Waals surface area contributed by atoms with Gasteiger partial charge in [-0.2, -0.15) is 0 Å². The van der Waals surface area contributed by atoms with Crippen molar-refractivity contribution < 1.29 is 0 Å². The second-order valence-corrected chi connectivity index (χ2v) is 5.71. The summed E-state index contributed by atoms with van der Waals surface area (Å²) >= 11 is 3.53. The highest BCUT2D eigenvalue weighted by atomic mass is 79.9. The van der Waals surface area contributed by atoms with E-state index in [2.05, 4.69) is 56.3 Å². The Morgan fingerprint density at radius 1 is 1.29 bits per heavy atom. The summed E-state index contributed by atoms with van der Waals surface area (Å²) in [6.45, 7) is 2.23. The molecule has 0 radical (unpaired) electrons. The summed E-state index contributed by atoms with van der Waals surface area (Å²) in [4.78, 5) is 0. The van der Waals surface area contributed by atoms with Gasteiger partial charge in [0.2, 0.25) is 0 Å². The van der Waals surface area contributed by atoms with Crippen LogP contribution in [-0.2, 0) is 6.54 Å². The second kappa shape index (κ2) is 4.83. The molecule has 2 aromatic rings. The van der Waals surface area contributed by atoms with Crippen molar-refractivity contribution in [3.63, 3.8) is 0 Å². The number of hydrogen-bond donors (Lipinski definition) is 1. The first-order valence-electron chi connectivity index (χ1n) is 6.31. The van der Waals surface area contributed by atoms with Gasteiger partial charge in [0, 0.05) is 28.8 Å². The van der Waals surface area contributed by atoms with Gasteiger partial charge < -0.3 is 9.88 Å². The number of halogens is 1. The number of rotatable bonds is 5. The normalized spacial score (nSPS) is 15.6. The van der Waals surface area contributed by atoms with Crippen LogP contribution in [0.1, 0.15) is 19.3 Å². The van der Waals surface area contributed by atoms with Gasteiger partial charge in [-0.25, -0.2) is 0 Å². The number of benzene rings is 1. The molecule has 17 heavy (non-hydrogen) atoms. The van der Waals surface area contributed by atoms with Gasteiger partial charge >= 0.3 is 0 Å². The van der Waals surface area contributed by atoms with E-state index in [9.17, 15) is 0 Å². The lowest BCUT2D eigenvalue weighted by Gasteiger charge is -2.06. The molecule has 0 unspecified atom stereocenters. The quantitative estimate of drug-likeness (QED) is 0.834. The van der Waals surface area contributed by atoms with Crippen LogP contribution >= 0.6 is 15.9 Å². The van der Waals surface area contributed by atoms with Crippen LogP contribution < -0.4 is 5.32 Å². The van der Waals surface area contributed by atoms with Crippen molar-refractivity contribution in [1.29, 1.82) is 0 Å². The van der Waals surface area contributed by atoms with Crippen molar-refractivity contribution in [1.82, 2.24) is 9.88 Å². The average molecular weight is 293 g/mol. The maximum atomic E-state index is 3.56. The summed E-state index contributed by atoms with van der Waals surface area (Å²) in [5.41, 5.74) is 1.32. The molecule has 1 fully saturated rings. The molecule has 0 bridgehead atoms. The molecule has 1 aromatic heterocycles. The summed E-state index contributed by atoms with van der Waals surface area (Å²) in [7, 11) is 0.